The van der Waals surface area contributed by atoms with E-state index in [1.54, 1.807) is 24.3 Å². The second kappa shape index (κ2) is 5.45. The fourth-order valence-corrected chi connectivity index (χ4v) is 1.54. The molecule has 0 radical (unpaired) electrons. The molecular formula is C12H8ClN3O3. The van der Waals surface area contributed by atoms with Crippen LogP contribution in [0, 0.1) is 10.1 Å². The van der Waals surface area contributed by atoms with Gasteiger partial charge in [0.05, 0.1) is 15.6 Å². The lowest BCUT2D eigenvalue weighted by Crippen LogP contribution is -1.87. The van der Waals surface area contributed by atoms with Crippen LogP contribution in [0.2, 0.25) is 5.02 Å². The van der Waals surface area contributed by atoms with Gasteiger partial charge in [0.25, 0.3) is 0 Å². The van der Waals surface area contributed by atoms with Crippen LogP contribution in [0.15, 0.2) is 52.7 Å². The van der Waals surface area contributed by atoms with Gasteiger partial charge in [0.15, 0.2) is 5.75 Å². The summed E-state index contributed by atoms with van der Waals surface area (Å²) >= 11 is 5.90. The third-order valence-electron chi connectivity index (χ3n) is 2.28. The van der Waals surface area contributed by atoms with Crippen LogP contribution >= 0.6 is 11.6 Å². The van der Waals surface area contributed by atoms with Crippen LogP contribution in [-0.2, 0) is 0 Å². The van der Waals surface area contributed by atoms with E-state index >= 15 is 0 Å². The number of nitro groups is 1. The monoisotopic (exact) mass is 277 g/mol. The lowest BCUT2D eigenvalue weighted by molar-refractivity contribution is -0.385. The van der Waals surface area contributed by atoms with Crippen molar-refractivity contribution in [2.75, 3.05) is 0 Å². The molecule has 0 aliphatic carbocycles. The average Bonchev–Trinajstić information content (AvgIpc) is 2.39. The van der Waals surface area contributed by atoms with Gasteiger partial charge in [-0.25, -0.2) is 0 Å². The maximum Gasteiger partial charge on any atom is 0.312 e. The lowest BCUT2D eigenvalue weighted by Gasteiger charge is -1.97. The highest BCUT2D eigenvalue weighted by Crippen LogP contribution is 2.31. The Morgan fingerprint density at radius 3 is 2.58 bits per heavy atom. The van der Waals surface area contributed by atoms with Crippen LogP contribution in [0.5, 0.6) is 5.75 Å². The van der Waals surface area contributed by atoms with E-state index in [9.17, 15) is 15.2 Å². The smallest absolute Gasteiger partial charge is 0.312 e. The van der Waals surface area contributed by atoms with Crippen LogP contribution in [0.3, 0.4) is 0 Å². The van der Waals surface area contributed by atoms with Gasteiger partial charge in [-0.05, 0) is 24.3 Å². The minimum absolute atomic E-state index is 0.254. The molecule has 0 unspecified atom stereocenters. The van der Waals surface area contributed by atoms with Crippen LogP contribution in [0.1, 0.15) is 0 Å². The summed E-state index contributed by atoms with van der Waals surface area (Å²) in [6.45, 7) is 0. The van der Waals surface area contributed by atoms with Crippen molar-refractivity contribution < 1.29 is 10.0 Å². The van der Waals surface area contributed by atoms with Crippen molar-refractivity contribution in [2.24, 2.45) is 10.2 Å². The molecule has 0 saturated carbocycles. The molecule has 0 saturated heterocycles. The molecule has 7 heteroatoms. The SMILES string of the molecule is O=[N+]([O-])c1cc(/N=N/c2ccccc2Cl)ccc1O. The van der Waals surface area contributed by atoms with Crippen molar-refractivity contribution >= 4 is 28.7 Å². The van der Waals surface area contributed by atoms with Crippen molar-refractivity contribution in [1.29, 1.82) is 0 Å². The van der Waals surface area contributed by atoms with Crippen LogP contribution in [0.25, 0.3) is 0 Å². The molecule has 2 aromatic carbocycles. The molecular weight excluding hydrogens is 270 g/mol. The zero-order chi connectivity index (χ0) is 13.8. The summed E-state index contributed by atoms with van der Waals surface area (Å²) in [5, 5.41) is 28.1. The largest absolute Gasteiger partial charge is 0.502 e. The average molecular weight is 278 g/mol. The fourth-order valence-electron chi connectivity index (χ4n) is 1.36. The maximum absolute atomic E-state index is 10.7. The van der Waals surface area contributed by atoms with Crippen LogP contribution < -0.4 is 0 Å². The Balaban J connectivity index is 2.32. The molecule has 0 fully saturated rings. The number of phenolic OH excluding ortho intramolecular Hbond substituents is 1. The second-order valence-electron chi connectivity index (χ2n) is 3.58. The Morgan fingerprint density at radius 2 is 1.89 bits per heavy atom. The van der Waals surface area contributed by atoms with E-state index in [4.69, 9.17) is 11.6 Å². The van der Waals surface area contributed by atoms with E-state index in [0.717, 1.165) is 6.07 Å². The molecule has 2 rings (SSSR count). The fraction of sp³-hybridized carbons (Fsp3) is 0. The van der Waals surface area contributed by atoms with E-state index < -0.39 is 16.4 Å². The molecule has 0 aliphatic rings. The van der Waals surface area contributed by atoms with Gasteiger partial charge in [-0.2, -0.15) is 5.11 Å². The molecule has 0 amide bonds. The van der Waals surface area contributed by atoms with Crippen LogP contribution in [0.4, 0.5) is 17.1 Å². The summed E-state index contributed by atoms with van der Waals surface area (Å²) in [5.41, 5.74) is 0.292. The van der Waals surface area contributed by atoms with Gasteiger partial charge in [-0.3, -0.25) is 10.1 Å². The lowest BCUT2D eigenvalue weighted by atomic mass is 10.2. The van der Waals surface area contributed by atoms with E-state index in [2.05, 4.69) is 10.2 Å². The standard InChI is InChI=1S/C12H8ClN3O3/c13-9-3-1-2-4-10(9)15-14-8-5-6-12(17)11(7-8)16(18)19/h1-7,17H/b15-14+. The number of halogens is 1. The van der Waals surface area contributed by atoms with E-state index in [0.29, 0.717) is 10.7 Å². The number of hydrogen-bond acceptors (Lipinski definition) is 5. The van der Waals surface area contributed by atoms with Crippen molar-refractivity contribution in [3.63, 3.8) is 0 Å². The molecule has 0 bridgehead atoms. The Morgan fingerprint density at radius 1 is 1.16 bits per heavy atom. The minimum Gasteiger partial charge on any atom is -0.502 e. The van der Waals surface area contributed by atoms with E-state index in [-0.39, 0.29) is 5.69 Å². The number of benzene rings is 2. The van der Waals surface area contributed by atoms with Crippen LogP contribution in [-0.4, -0.2) is 10.0 Å². The third-order valence-corrected chi connectivity index (χ3v) is 2.60. The maximum atomic E-state index is 10.7. The number of phenols is 1. The predicted octanol–water partition coefficient (Wildman–Crippen LogP) is 4.37. The van der Waals surface area contributed by atoms with Gasteiger partial charge >= 0.3 is 5.69 Å². The van der Waals surface area contributed by atoms with Crippen molar-refractivity contribution in [2.45, 2.75) is 0 Å². The van der Waals surface area contributed by atoms with Gasteiger partial charge in [0.1, 0.15) is 5.69 Å². The molecule has 0 aromatic heterocycles. The molecule has 0 aliphatic heterocycles. The molecule has 1 N–H and O–H groups in total. The van der Waals surface area contributed by atoms with Gasteiger partial charge in [-0.15, -0.1) is 5.11 Å². The summed E-state index contributed by atoms with van der Waals surface area (Å²) in [4.78, 5) is 9.96. The Kier molecular flexibility index (Phi) is 3.72. The van der Waals surface area contributed by atoms with Gasteiger partial charge < -0.3 is 5.11 Å². The second-order valence-corrected chi connectivity index (χ2v) is 3.99. The highest BCUT2D eigenvalue weighted by Gasteiger charge is 2.13. The number of nitrogens with zero attached hydrogens (tertiary/aromatic N) is 3. The first-order valence-corrected chi connectivity index (χ1v) is 5.59. The molecule has 19 heavy (non-hydrogen) atoms. The number of rotatable bonds is 3. The molecule has 0 spiro atoms. The van der Waals surface area contributed by atoms with Crippen molar-refractivity contribution in [3.8, 4) is 5.75 Å². The van der Waals surface area contributed by atoms with Crippen molar-refractivity contribution in [1.82, 2.24) is 0 Å². The first-order valence-electron chi connectivity index (χ1n) is 5.21. The first-order chi connectivity index (χ1) is 9.08. The molecule has 0 heterocycles. The third kappa shape index (κ3) is 3.05. The highest BCUT2D eigenvalue weighted by atomic mass is 35.5. The summed E-state index contributed by atoms with van der Waals surface area (Å²) in [6.07, 6.45) is 0. The quantitative estimate of drug-likeness (QED) is 0.513. The number of aromatic hydroxyl groups is 1. The van der Waals surface area contributed by atoms with Gasteiger partial charge in [0.2, 0.25) is 0 Å². The topological polar surface area (TPSA) is 88.1 Å². The normalized spacial score (nSPS) is 10.8. The zero-order valence-corrected chi connectivity index (χ0v) is 10.3. The number of azo groups is 1. The number of hydrogen-bond donors (Lipinski definition) is 1. The number of nitro benzene ring substituents is 1. The van der Waals surface area contributed by atoms with Gasteiger partial charge in [0, 0.05) is 6.07 Å². The molecule has 96 valence electrons. The summed E-state index contributed by atoms with van der Waals surface area (Å²) in [5.74, 6) is -0.415. The van der Waals surface area contributed by atoms with Crippen molar-refractivity contribution in [3.05, 3.63) is 57.6 Å². The first kappa shape index (κ1) is 13.0. The van der Waals surface area contributed by atoms with E-state index in [1.807, 2.05) is 0 Å². The molecule has 2 aromatic rings. The van der Waals surface area contributed by atoms with E-state index in [1.165, 1.54) is 12.1 Å². The Bertz CT molecular complexity index is 658. The molecule has 6 nitrogen and oxygen atoms in total. The van der Waals surface area contributed by atoms with Gasteiger partial charge in [-0.1, -0.05) is 23.7 Å². The Hall–Kier alpha value is -2.47. The molecule has 0 atom stereocenters. The zero-order valence-electron chi connectivity index (χ0n) is 9.52. The predicted molar refractivity (Wildman–Crippen MR) is 70.4 cm³/mol. The minimum atomic E-state index is -0.691. The summed E-state index contributed by atoms with van der Waals surface area (Å²) < 4.78 is 0. The Labute approximate surface area is 113 Å². The summed E-state index contributed by atoms with van der Waals surface area (Å²) in [6, 6.07) is 10.6. The highest BCUT2D eigenvalue weighted by molar-refractivity contribution is 6.32. The summed E-state index contributed by atoms with van der Waals surface area (Å²) in [7, 11) is 0.